The monoisotopic (exact) mass is 1050 g/mol. The molecule has 0 spiro atoms. The van der Waals surface area contributed by atoms with Crippen molar-refractivity contribution in [3.05, 3.63) is 273 Å². The lowest BCUT2D eigenvalue weighted by molar-refractivity contribution is 1.17. The van der Waals surface area contributed by atoms with Gasteiger partial charge >= 0.3 is 0 Å². The van der Waals surface area contributed by atoms with Gasteiger partial charge in [0.15, 0.2) is 0 Å². The van der Waals surface area contributed by atoms with Crippen LogP contribution in [0.1, 0.15) is 0 Å². The molecule has 0 atom stereocenters. The summed E-state index contributed by atoms with van der Waals surface area (Å²) in [6.07, 6.45) is 5.45. The lowest BCUT2D eigenvalue weighted by Gasteiger charge is -2.13. The number of thiophene rings is 1. The molecule has 13 aromatic carbocycles. The van der Waals surface area contributed by atoms with E-state index < -0.39 is 0 Å². The number of fused-ring (bicyclic) bond motifs is 21. The molecule has 0 aliphatic carbocycles. The Balaban J connectivity index is 0.000000129. The Hall–Kier alpha value is -10.5. The number of nitrogens with zero attached hydrogens (tertiary/aromatic N) is 5. The van der Waals surface area contributed by atoms with E-state index >= 15 is 0 Å². The summed E-state index contributed by atoms with van der Waals surface area (Å²) in [4.78, 5) is 14.3. The largest absolute Gasteiger partial charge is 0.309 e. The van der Waals surface area contributed by atoms with Gasteiger partial charge in [-0.2, -0.15) is 0 Å². The summed E-state index contributed by atoms with van der Waals surface area (Å²) in [6, 6.07) is 92.4. The van der Waals surface area contributed by atoms with Crippen molar-refractivity contribution in [2.75, 3.05) is 0 Å². The second-order valence-corrected chi connectivity index (χ2v) is 22.1. The van der Waals surface area contributed by atoms with Crippen LogP contribution >= 0.6 is 11.3 Å². The van der Waals surface area contributed by atoms with Gasteiger partial charge in [-0.05, 0) is 134 Å². The van der Waals surface area contributed by atoms with Crippen LogP contribution in [0.5, 0.6) is 0 Å². The molecular weight excluding hydrogens is 1000 g/mol. The van der Waals surface area contributed by atoms with E-state index in [1.54, 1.807) is 12.4 Å². The number of aromatic nitrogens is 5. The molecule has 0 unspecified atom stereocenters. The first-order valence-corrected chi connectivity index (χ1v) is 28.3. The Morgan fingerprint density at radius 2 is 0.630 bits per heavy atom. The Morgan fingerprint density at radius 1 is 0.222 bits per heavy atom. The lowest BCUT2D eigenvalue weighted by Crippen LogP contribution is -1.95. The Morgan fingerprint density at radius 3 is 1.26 bits per heavy atom. The quantitative estimate of drug-likeness (QED) is 0.165. The van der Waals surface area contributed by atoms with Gasteiger partial charge in [0.2, 0.25) is 0 Å². The van der Waals surface area contributed by atoms with E-state index in [9.17, 15) is 0 Å². The van der Waals surface area contributed by atoms with Crippen LogP contribution in [0, 0.1) is 0 Å². The van der Waals surface area contributed by atoms with E-state index in [0.29, 0.717) is 0 Å². The molecular formula is C75H45N5S. The van der Waals surface area contributed by atoms with E-state index in [1.807, 2.05) is 23.6 Å². The summed E-state index contributed by atoms with van der Waals surface area (Å²) >= 11 is 1.86. The van der Waals surface area contributed by atoms with Crippen LogP contribution in [-0.2, 0) is 0 Å². The fourth-order valence-electron chi connectivity index (χ4n) is 13.1. The van der Waals surface area contributed by atoms with Crippen molar-refractivity contribution in [2.45, 2.75) is 0 Å². The van der Waals surface area contributed by atoms with Crippen LogP contribution in [0.4, 0.5) is 0 Å². The third kappa shape index (κ3) is 7.07. The highest BCUT2D eigenvalue weighted by Gasteiger charge is 2.19. The van der Waals surface area contributed by atoms with Crippen LogP contribution in [0.15, 0.2) is 273 Å². The molecule has 5 heterocycles. The third-order valence-corrected chi connectivity index (χ3v) is 17.8. The van der Waals surface area contributed by atoms with Gasteiger partial charge in [-0.25, -0.2) is 0 Å². The van der Waals surface area contributed by atoms with E-state index in [2.05, 4.69) is 258 Å². The zero-order valence-corrected chi connectivity index (χ0v) is 44.4. The zero-order chi connectivity index (χ0) is 53.1. The molecule has 0 bridgehead atoms. The van der Waals surface area contributed by atoms with E-state index in [0.717, 1.165) is 32.9 Å². The van der Waals surface area contributed by atoms with Crippen LogP contribution in [-0.4, -0.2) is 24.1 Å². The van der Waals surface area contributed by atoms with Gasteiger partial charge < -0.3 is 9.13 Å². The number of rotatable bonds is 4. The van der Waals surface area contributed by atoms with E-state index in [-0.39, 0.29) is 0 Å². The minimum absolute atomic E-state index is 0.935. The molecule has 0 radical (unpaired) electrons. The SMILES string of the molecule is c1cc(-c2ccc3c4ccccc4c4cccnc4c3c2)cc(-c2ccc3c4ccccc4c4nccnc4c3c2)c1.c1ccc2c(c1)sc1ccc(-n3c4ccccc4c4cc(-n5c6ccccc6c6ccccc65)ccc43)cc12. The predicted molar refractivity (Wildman–Crippen MR) is 344 cm³/mol. The Labute approximate surface area is 468 Å². The molecule has 18 rings (SSSR count). The Kier molecular flexibility index (Phi) is 10.1. The van der Waals surface area contributed by atoms with Crippen molar-refractivity contribution in [3.8, 4) is 33.6 Å². The van der Waals surface area contributed by atoms with Gasteiger partial charge in [-0.3, -0.25) is 15.0 Å². The summed E-state index contributed by atoms with van der Waals surface area (Å²) in [6.45, 7) is 0. The molecule has 5 aromatic heterocycles. The molecule has 5 nitrogen and oxygen atoms in total. The van der Waals surface area contributed by atoms with Crippen molar-refractivity contribution in [1.82, 2.24) is 24.1 Å². The van der Waals surface area contributed by atoms with Crippen LogP contribution in [0.2, 0.25) is 0 Å². The summed E-state index contributed by atoms with van der Waals surface area (Å²) in [5, 5.41) is 18.5. The van der Waals surface area contributed by atoms with Crippen molar-refractivity contribution in [2.24, 2.45) is 0 Å². The molecule has 0 fully saturated rings. The number of benzene rings is 13. The molecule has 0 aliphatic rings. The van der Waals surface area contributed by atoms with Gasteiger partial charge in [-0.15, -0.1) is 11.3 Å². The molecule has 0 saturated heterocycles. The number of pyridine rings is 1. The first kappa shape index (κ1) is 45.5. The minimum atomic E-state index is 0.935. The average Bonchev–Trinajstić information content (AvgIpc) is 4.38. The number of hydrogen-bond donors (Lipinski definition) is 0. The molecule has 18 aromatic rings. The van der Waals surface area contributed by atoms with Crippen LogP contribution < -0.4 is 0 Å². The predicted octanol–water partition coefficient (Wildman–Crippen LogP) is 20.4. The molecule has 0 N–H and O–H groups in total. The molecule has 376 valence electrons. The second kappa shape index (κ2) is 18.0. The number of para-hydroxylation sites is 3. The Bertz CT molecular complexity index is 5330. The molecule has 0 saturated carbocycles. The maximum absolute atomic E-state index is 4.82. The number of hydrogen-bond acceptors (Lipinski definition) is 4. The summed E-state index contributed by atoms with van der Waals surface area (Å²) in [5.74, 6) is 0. The van der Waals surface area contributed by atoms with Gasteiger partial charge in [0.05, 0.1) is 38.6 Å². The first-order chi connectivity index (χ1) is 40.2. The van der Waals surface area contributed by atoms with Gasteiger partial charge in [0, 0.05) is 93.2 Å². The highest BCUT2D eigenvalue weighted by atomic mass is 32.1. The average molecular weight is 1050 g/mol. The van der Waals surface area contributed by atoms with Gasteiger partial charge in [-0.1, -0.05) is 170 Å². The first-order valence-electron chi connectivity index (χ1n) is 27.5. The summed E-state index contributed by atoms with van der Waals surface area (Å²) < 4.78 is 7.49. The van der Waals surface area contributed by atoms with Crippen molar-refractivity contribution in [1.29, 1.82) is 0 Å². The standard InChI is InChI=1S/C39H23N3.C36H22N2S/c1-2-10-29-28(9-1)31-16-14-26(22-35(31)37-33(29)13-6-18-40-37)24-7-5-8-25(21-24)27-15-17-32-30-11-3-4-12-34(30)38-39(36(32)23-27)42-20-19-41-38;1-5-13-31-25(9-1)26-10-2-6-14-32(26)37(31)23-17-19-34-29(21-23)27-11-3-7-15-33(27)38(34)24-18-20-36-30(22-24)28-12-4-8-16-35(28)39-36/h1-23H;1-22H. The maximum atomic E-state index is 4.82. The smallest absolute Gasteiger partial charge is 0.0971 e. The molecule has 0 aliphatic heterocycles. The minimum Gasteiger partial charge on any atom is -0.309 e. The topological polar surface area (TPSA) is 48.5 Å². The van der Waals surface area contributed by atoms with Crippen LogP contribution in [0.3, 0.4) is 0 Å². The van der Waals surface area contributed by atoms with Crippen molar-refractivity contribution >= 4 is 140 Å². The fourth-order valence-corrected chi connectivity index (χ4v) is 14.2. The van der Waals surface area contributed by atoms with Crippen LogP contribution in [0.25, 0.3) is 162 Å². The maximum Gasteiger partial charge on any atom is 0.0971 e. The summed E-state index contributed by atoms with van der Waals surface area (Å²) in [7, 11) is 0. The van der Waals surface area contributed by atoms with Crippen molar-refractivity contribution < 1.29 is 0 Å². The fraction of sp³-hybridized carbons (Fsp3) is 0. The molecule has 6 heteroatoms. The highest BCUT2D eigenvalue weighted by Crippen LogP contribution is 2.42. The summed E-state index contributed by atoms with van der Waals surface area (Å²) in [5.41, 5.74) is 14.9. The normalized spacial score (nSPS) is 12.0. The second-order valence-electron chi connectivity index (χ2n) is 21.0. The van der Waals surface area contributed by atoms with Crippen molar-refractivity contribution in [3.63, 3.8) is 0 Å². The third-order valence-electron chi connectivity index (χ3n) is 16.7. The molecule has 81 heavy (non-hydrogen) atoms. The van der Waals surface area contributed by atoms with Gasteiger partial charge in [0.25, 0.3) is 0 Å². The highest BCUT2D eigenvalue weighted by molar-refractivity contribution is 7.25. The van der Waals surface area contributed by atoms with E-state index in [1.165, 1.54) is 130 Å². The van der Waals surface area contributed by atoms with Gasteiger partial charge in [0.1, 0.15) is 0 Å². The zero-order valence-electron chi connectivity index (χ0n) is 43.6. The lowest BCUT2D eigenvalue weighted by atomic mass is 9.92. The van der Waals surface area contributed by atoms with E-state index in [4.69, 9.17) is 15.0 Å². The molecule has 0 amide bonds.